The number of aliphatic carboxylic acids is 1. The van der Waals surface area contributed by atoms with Gasteiger partial charge in [-0.3, -0.25) is 9.59 Å². The molecule has 7 nitrogen and oxygen atoms in total. The molecule has 2 aromatic rings. The van der Waals surface area contributed by atoms with Crippen LogP contribution in [0.5, 0.6) is 0 Å². The Morgan fingerprint density at radius 1 is 1.12 bits per heavy atom. The summed E-state index contributed by atoms with van der Waals surface area (Å²) < 4.78 is 27.9. The van der Waals surface area contributed by atoms with Crippen LogP contribution in [0, 0.1) is 0 Å². The van der Waals surface area contributed by atoms with Gasteiger partial charge in [0.25, 0.3) is 0 Å². The quantitative estimate of drug-likeness (QED) is 0.654. The molecule has 1 unspecified atom stereocenters. The van der Waals surface area contributed by atoms with Crippen molar-refractivity contribution in [2.75, 3.05) is 5.32 Å². The lowest BCUT2D eigenvalue weighted by Crippen LogP contribution is -2.40. The summed E-state index contributed by atoms with van der Waals surface area (Å²) in [5, 5.41) is 12.9. The molecule has 0 aliphatic rings. The van der Waals surface area contributed by atoms with Crippen LogP contribution in [0.1, 0.15) is 33.1 Å². The van der Waals surface area contributed by atoms with E-state index < -0.39 is 22.0 Å². The highest BCUT2D eigenvalue weighted by atomic mass is 32.2. The van der Waals surface area contributed by atoms with Crippen LogP contribution < -0.4 is 10.0 Å². The first-order valence-electron chi connectivity index (χ1n) is 8.30. The van der Waals surface area contributed by atoms with E-state index in [1.54, 1.807) is 24.3 Å². The van der Waals surface area contributed by atoms with Crippen LogP contribution in [0.15, 0.2) is 41.3 Å². The molecule has 8 heteroatoms. The predicted octanol–water partition coefficient (Wildman–Crippen LogP) is 2.72. The van der Waals surface area contributed by atoms with Gasteiger partial charge < -0.3 is 10.4 Å². The molecule has 0 radical (unpaired) electrons. The summed E-state index contributed by atoms with van der Waals surface area (Å²) in [6.07, 6.45) is 1.58. The highest BCUT2D eigenvalue weighted by Gasteiger charge is 2.26. The third kappa shape index (κ3) is 4.59. The first-order chi connectivity index (χ1) is 12.3. The summed E-state index contributed by atoms with van der Waals surface area (Å²) >= 11 is 0. The number of benzene rings is 2. The summed E-state index contributed by atoms with van der Waals surface area (Å²) in [7, 11) is -4.05. The lowest BCUT2D eigenvalue weighted by Gasteiger charge is -2.16. The molecule has 3 N–H and O–H groups in total. The zero-order valence-electron chi connectivity index (χ0n) is 14.7. The minimum absolute atomic E-state index is 0.0232. The van der Waals surface area contributed by atoms with E-state index in [0.29, 0.717) is 22.9 Å². The molecule has 140 valence electrons. The fourth-order valence-corrected chi connectivity index (χ4v) is 4.13. The molecule has 26 heavy (non-hydrogen) atoms. The van der Waals surface area contributed by atoms with E-state index >= 15 is 0 Å². The third-order valence-corrected chi connectivity index (χ3v) is 5.46. The van der Waals surface area contributed by atoms with Gasteiger partial charge in [0.15, 0.2) is 0 Å². The number of carbonyl (C=O) groups excluding carboxylic acids is 1. The highest BCUT2D eigenvalue weighted by Crippen LogP contribution is 2.29. The van der Waals surface area contributed by atoms with Crippen molar-refractivity contribution >= 4 is 38.4 Å². The Morgan fingerprint density at radius 2 is 1.77 bits per heavy atom. The molecule has 0 saturated heterocycles. The van der Waals surface area contributed by atoms with Crippen LogP contribution in [-0.4, -0.2) is 31.4 Å². The van der Waals surface area contributed by atoms with Gasteiger partial charge in [-0.05, 0) is 18.6 Å². The van der Waals surface area contributed by atoms with E-state index in [0.717, 1.165) is 6.42 Å². The first-order valence-corrected chi connectivity index (χ1v) is 9.79. The van der Waals surface area contributed by atoms with Crippen LogP contribution in [0.2, 0.25) is 0 Å². The van der Waals surface area contributed by atoms with E-state index in [4.69, 9.17) is 0 Å². The van der Waals surface area contributed by atoms with E-state index in [1.165, 1.54) is 19.1 Å². The van der Waals surface area contributed by atoms with Crippen molar-refractivity contribution in [1.29, 1.82) is 0 Å². The Morgan fingerprint density at radius 3 is 2.35 bits per heavy atom. The molecular formula is C18H22N2O5S. The number of sulfonamides is 1. The van der Waals surface area contributed by atoms with Gasteiger partial charge in [0.2, 0.25) is 15.9 Å². The van der Waals surface area contributed by atoms with E-state index in [9.17, 15) is 23.1 Å². The molecule has 0 aliphatic heterocycles. The summed E-state index contributed by atoms with van der Waals surface area (Å²) in [6.45, 7) is 3.27. The van der Waals surface area contributed by atoms with E-state index in [2.05, 4.69) is 10.0 Å². The standard InChI is InChI=1S/C18H22N2O5S/c1-3-4-9-16(18(22)23)20-26(24,25)17-11-10-15(19-12(2)21)13-7-5-6-8-14(13)17/h5-8,10-11,16,20H,3-4,9H2,1-2H3,(H,19,21)(H,22,23). The number of rotatable bonds is 8. The second-order valence-electron chi connectivity index (χ2n) is 5.99. The number of hydrogen-bond donors (Lipinski definition) is 3. The maximum atomic E-state index is 12.8. The largest absolute Gasteiger partial charge is 0.480 e. The lowest BCUT2D eigenvalue weighted by molar-refractivity contribution is -0.139. The molecule has 0 heterocycles. The Balaban J connectivity index is 2.48. The van der Waals surface area contributed by atoms with E-state index in [1.807, 2.05) is 6.92 Å². The molecule has 0 aliphatic carbocycles. The summed E-state index contributed by atoms with van der Waals surface area (Å²) in [5.41, 5.74) is 0.493. The number of amides is 1. The van der Waals surface area contributed by atoms with Crippen LogP contribution in [0.3, 0.4) is 0 Å². The van der Waals surface area contributed by atoms with Crippen LogP contribution in [0.4, 0.5) is 5.69 Å². The summed E-state index contributed by atoms with van der Waals surface area (Å²) in [6, 6.07) is 8.43. The van der Waals surface area contributed by atoms with Crippen molar-refractivity contribution in [2.24, 2.45) is 0 Å². The first kappa shape index (κ1) is 19.9. The van der Waals surface area contributed by atoms with E-state index in [-0.39, 0.29) is 17.2 Å². The minimum atomic E-state index is -4.05. The molecule has 2 rings (SSSR count). The van der Waals surface area contributed by atoms with Crippen LogP contribution >= 0.6 is 0 Å². The number of unbranched alkanes of at least 4 members (excludes halogenated alkanes) is 1. The molecule has 0 aromatic heterocycles. The maximum absolute atomic E-state index is 12.8. The van der Waals surface area contributed by atoms with Gasteiger partial charge in [-0.2, -0.15) is 4.72 Å². The summed E-state index contributed by atoms with van der Waals surface area (Å²) in [4.78, 5) is 22.7. The van der Waals surface area contributed by atoms with Crippen molar-refractivity contribution in [3.8, 4) is 0 Å². The summed E-state index contributed by atoms with van der Waals surface area (Å²) in [5.74, 6) is -1.48. The van der Waals surface area contributed by atoms with Gasteiger partial charge >= 0.3 is 5.97 Å². The van der Waals surface area contributed by atoms with Crippen molar-refractivity contribution in [2.45, 2.75) is 44.0 Å². The number of fused-ring (bicyclic) bond motifs is 1. The van der Waals surface area contributed by atoms with Crippen molar-refractivity contribution in [1.82, 2.24) is 4.72 Å². The van der Waals surface area contributed by atoms with Gasteiger partial charge in [-0.15, -0.1) is 0 Å². The van der Waals surface area contributed by atoms with Gasteiger partial charge in [-0.1, -0.05) is 44.0 Å². The number of carboxylic acids is 1. The Hall–Kier alpha value is -2.45. The maximum Gasteiger partial charge on any atom is 0.321 e. The van der Waals surface area contributed by atoms with Crippen molar-refractivity contribution < 1.29 is 23.1 Å². The minimum Gasteiger partial charge on any atom is -0.480 e. The Bertz CT molecular complexity index is 924. The molecular weight excluding hydrogens is 356 g/mol. The lowest BCUT2D eigenvalue weighted by atomic mass is 10.1. The smallest absolute Gasteiger partial charge is 0.321 e. The average Bonchev–Trinajstić information content (AvgIpc) is 2.58. The topological polar surface area (TPSA) is 113 Å². The van der Waals surface area contributed by atoms with Crippen molar-refractivity contribution in [3.63, 3.8) is 0 Å². The second kappa shape index (κ2) is 8.29. The molecule has 1 amide bonds. The van der Waals surface area contributed by atoms with Gasteiger partial charge in [0.1, 0.15) is 6.04 Å². The SMILES string of the molecule is CCCCC(NS(=O)(=O)c1ccc(NC(C)=O)c2ccccc12)C(=O)O. The monoisotopic (exact) mass is 378 g/mol. The second-order valence-corrected chi connectivity index (χ2v) is 7.67. The number of nitrogens with one attached hydrogen (secondary N) is 2. The third-order valence-electron chi connectivity index (χ3n) is 3.93. The van der Waals surface area contributed by atoms with Gasteiger partial charge in [0.05, 0.1) is 4.90 Å². The molecule has 2 aromatic carbocycles. The number of anilines is 1. The van der Waals surface area contributed by atoms with Crippen molar-refractivity contribution in [3.05, 3.63) is 36.4 Å². The zero-order valence-corrected chi connectivity index (χ0v) is 15.5. The highest BCUT2D eigenvalue weighted by molar-refractivity contribution is 7.89. The van der Waals surface area contributed by atoms with Crippen LogP contribution in [-0.2, 0) is 19.6 Å². The molecule has 0 spiro atoms. The fourth-order valence-electron chi connectivity index (χ4n) is 2.70. The number of hydrogen-bond acceptors (Lipinski definition) is 4. The van der Waals surface area contributed by atoms with Gasteiger partial charge in [-0.25, -0.2) is 8.42 Å². The van der Waals surface area contributed by atoms with Gasteiger partial charge in [0, 0.05) is 23.4 Å². The van der Waals surface area contributed by atoms with Crippen LogP contribution in [0.25, 0.3) is 10.8 Å². The number of carboxylic acid groups (broad SMARTS) is 1. The fraction of sp³-hybridized carbons (Fsp3) is 0.333. The molecule has 0 saturated carbocycles. The Labute approximate surface area is 152 Å². The molecule has 0 bridgehead atoms. The molecule has 0 fully saturated rings. The predicted molar refractivity (Wildman–Crippen MR) is 99.5 cm³/mol. The number of carbonyl (C=O) groups is 2. The molecule has 1 atom stereocenters. The normalized spacial score (nSPS) is 12.7. The zero-order chi connectivity index (χ0) is 19.3. The average molecular weight is 378 g/mol. The Kier molecular flexibility index (Phi) is 6.33.